The molecule has 0 saturated carbocycles. The van der Waals surface area contributed by atoms with Crippen molar-refractivity contribution in [1.82, 2.24) is 9.55 Å². The van der Waals surface area contributed by atoms with Crippen molar-refractivity contribution in [3.05, 3.63) is 32.6 Å². The van der Waals surface area contributed by atoms with E-state index in [2.05, 4.69) is 36.8 Å². The molecule has 0 aromatic carbocycles. The molecular weight excluding hydrogens is 496 g/mol. The number of aliphatic hydroxyl groups excluding tert-OH is 1. The molecule has 0 spiro atoms. The number of halogens is 2. The van der Waals surface area contributed by atoms with Crippen LogP contribution < -0.4 is 11.2 Å². The van der Waals surface area contributed by atoms with Gasteiger partial charge >= 0.3 is 17.6 Å². The third kappa shape index (κ3) is 5.06. The molecule has 10 nitrogen and oxygen atoms in total. The Kier molecular flexibility index (Phi) is 7.37. The lowest BCUT2D eigenvalue weighted by Gasteiger charge is -2.20. The topological polar surface area (TPSA) is 137 Å². The van der Waals surface area contributed by atoms with E-state index in [1.54, 1.807) is 0 Å². The minimum Gasteiger partial charge on any atom is -0.463 e. The van der Waals surface area contributed by atoms with Crippen LogP contribution in [0.3, 0.4) is 0 Å². The summed E-state index contributed by atoms with van der Waals surface area (Å²) in [7, 11) is 0. The molecule has 1 aliphatic rings. The van der Waals surface area contributed by atoms with E-state index in [1.807, 2.05) is 0 Å². The number of carbonyl (C=O) groups is 2. The van der Waals surface area contributed by atoms with Crippen LogP contribution in [0.5, 0.6) is 0 Å². The first-order valence-electron chi connectivity index (χ1n) is 7.85. The van der Waals surface area contributed by atoms with Gasteiger partial charge in [0.25, 0.3) is 5.56 Å². The van der Waals surface area contributed by atoms with E-state index >= 15 is 0 Å². The highest BCUT2D eigenvalue weighted by molar-refractivity contribution is 9.12. The monoisotopic (exact) mass is 512 g/mol. The summed E-state index contributed by atoms with van der Waals surface area (Å²) in [6.45, 7) is 2.06. The van der Waals surface area contributed by atoms with Gasteiger partial charge in [0.05, 0.1) is 4.83 Å². The Morgan fingerprint density at radius 3 is 2.59 bits per heavy atom. The summed E-state index contributed by atoms with van der Waals surface area (Å²) in [6.07, 6.45) is -3.58. The standard InChI is InChI=1S/C15H18Br2N2O8/c1-6(20)25-5-10-12(26-7(2)21)11(22)14(27-10)19-4-8(9(17)3-16)13(23)18-15(19)24/h4,9-12,14,22H,3,5H2,1-2H3,(H,18,23,24)/t9?,10-,11-,12-,14-/m1/s1. The average molecular weight is 514 g/mol. The van der Waals surface area contributed by atoms with Gasteiger partial charge in [0.15, 0.2) is 12.3 Å². The first-order chi connectivity index (χ1) is 12.6. The second-order valence-corrected chi connectivity index (χ2v) is 7.56. The molecule has 2 heterocycles. The zero-order valence-corrected chi connectivity index (χ0v) is 17.6. The lowest BCUT2D eigenvalue weighted by atomic mass is 10.1. The van der Waals surface area contributed by atoms with Crippen LogP contribution in [0.15, 0.2) is 15.8 Å². The first kappa shape index (κ1) is 21.8. The highest BCUT2D eigenvalue weighted by Crippen LogP contribution is 2.31. The molecule has 150 valence electrons. The van der Waals surface area contributed by atoms with Crippen molar-refractivity contribution in [3.63, 3.8) is 0 Å². The van der Waals surface area contributed by atoms with Gasteiger partial charge < -0.3 is 19.3 Å². The Morgan fingerprint density at radius 2 is 2.04 bits per heavy atom. The van der Waals surface area contributed by atoms with Gasteiger partial charge in [0, 0.05) is 30.9 Å². The third-order valence-corrected chi connectivity index (χ3v) is 6.14. The predicted molar refractivity (Wildman–Crippen MR) is 98.9 cm³/mol. The summed E-state index contributed by atoms with van der Waals surface area (Å²) < 4.78 is 16.6. The first-order valence-corrected chi connectivity index (χ1v) is 9.89. The average Bonchev–Trinajstić information content (AvgIpc) is 2.88. The highest BCUT2D eigenvalue weighted by atomic mass is 79.9. The van der Waals surface area contributed by atoms with Crippen LogP contribution in [-0.2, 0) is 23.8 Å². The van der Waals surface area contributed by atoms with Gasteiger partial charge in [0.2, 0.25) is 0 Å². The van der Waals surface area contributed by atoms with E-state index in [9.17, 15) is 24.3 Å². The quantitative estimate of drug-likeness (QED) is 0.404. The van der Waals surface area contributed by atoms with Crippen molar-refractivity contribution >= 4 is 43.8 Å². The number of hydrogen-bond acceptors (Lipinski definition) is 8. The number of H-pyrrole nitrogens is 1. The van der Waals surface area contributed by atoms with Crippen molar-refractivity contribution in [2.24, 2.45) is 0 Å². The Morgan fingerprint density at radius 1 is 1.37 bits per heavy atom. The lowest BCUT2D eigenvalue weighted by molar-refractivity contribution is -0.157. The molecule has 2 N–H and O–H groups in total. The van der Waals surface area contributed by atoms with E-state index < -0.39 is 52.6 Å². The number of nitrogens with zero attached hydrogens (tertiary/aromatic N) is 1. The summed E-state index contributed by atoms with van der Waals surface area (Å²) >= 11 is 6.53. The number of ether oxygens (including phenoxy) is 3. The summed E-state index contributed by atoms with van der Waals surface area (Å²) in [5.74, 6) is -1.26. The van der Waals surface area contributed by atoms with Crippen LogP contribution in [0, 0.1) is 0 Å². The van der Waals surface area contributed by atoms with E-state index in [0.29, 0.717) is 5.33 Å². The molecule has 0 radical (unpaired) electrons. The van der Waals surface area contributed by atoms with Crippen LogP contribution in [0.25, 0.3) is 0 Å². The molecule has 1 aromatic rings. The van der Waals surface area contributed by atoms with Crippen molar-refractivity contribution in [3.8, 4) is 0 Å². The second kappa shape index (κ2) is 9.13. The van der Waals surface area contributed by atoms with Crippen LogP contribution in [0.1, 0.15) is 30.5 Å². The van der Waals surface area contributed by atoms with Crippen LogP contribution in [0.4, 0.5) is 0 Å². The number of nitrogens with one attached hydrogen (secondary N) is 1. The van der Waals surface area contributed by atoms with Gasteiger partial charge in [-0.3, -0.25) is 23.9 Å². The Hall–Kier alpha value is -1.50. The number of aromatic nitrogens is 2. The third-order valence-electron chi connectivity index (χ3n) is 3.80. The molecule has 1 saturated heterocycles. The number of esters is 2. The minimum atomic E-state index is -1.43. The summed E-state index contributed by atoms with van der Waals surface area (Å²) in [4.78, 5) is 48.4. The molecule has 0 bridgehead atoms. The predicted octanol–water partition coefficient (Wildman–Crippen LogP) is 0.121. The van der Waals surface area contributed by atoms with Gasteiger partial charge in [-0.25, -0.2) is 4.79 Å². The SMILES string of the molecule is CC(=O)OC[C@H]1O[C@@H](n2cc(C(Br)CBr)c(=O)[nH]c2=O)[C@H](O)[C@@H]1OC(C)=O. The largest absolute Gasteiger partial charge is 0.463 e. The van der Waals surface area contributed by atoms with Gasteiger partial charge in [-0.05, 0) is 0 Å². The maximum absolute atomic E-state index is 12.2. The summed E-state index contributed by atoms with van der Waals surface area (Å²) in [5, 5.41) is 10.9. The van der Waals surface area contributed by atoms with Gasteiger partial charge in [-0.15, -0.1) is 0 Å². The molecule has 0 aliphatic carbocycles. The van der Waals surface area contributed by atoms with E-state index in [-0.39, 0.29) is 12.2 Å². The van der Waals surface area contributed by atoms with Crippen LogP contribution in [-0.4, -0.2) is 56.8 Å². The number of rotatable bonds is 6. The summed E-state index contributed by atoms with van der Waals surface area (Å²) in [6, 6.07) is 0. The summed E-state index contributed by atoms with van der Waals surface area (Å²) in [5.41, 5.74) is -1.16. The van der Waals surface area contributed by atoms with Crippen LogP contribution >= 0.6 is 31.9 Å². The molecule has 1 unspecified atom stereocenters. The lowest BCUT2D eigenvalue weighted by Crippen LogP contribution is -2.40. The van der Waals surface area contributed by atoms with E-state index in [4.69, 9.17) is 14.2 Å². The van der Waals surface area contributed by atoms with Gasteiger partial charge in [-0.1, -0.05) is 31.9 Å². The molecule has 5 atom stereocenters. The molecular formula is C15H18Br2N2O8. The van der Waals surface area contributed by atoms with Crippen molar-refractivity contribution in [1.29, 1.82) is 0 Å². The highest BCUT2D eigenvalue weighted by Gasteiger charge is 2.48. The molecule has 1 aromatic heterocycles. The second-order valence-electron chi connectivity index (χ2n) is 5.81. The van der Waals surface area contributed by atoms with Crippen LogP contribution in [0.2, 0.25) is 0 Å². The molecule has 12 heteroatoms. The maximum Gasteiger partial charge on any atom is 0.330 e. The number of hydrogen-bond donors (Lipinski definition) is 2. The molecule has 2 rings (SSSR count). The maximum atomic E-state index is 12.2. The normalized spacial score (nSPS) is 25.8. The Balaban J connectivity index is 2.39. The number of aromatic amines is 1. The fourth-order valence-corrected chi connectivity index (χ4v) is 3.29. The zero-order valence-electron chi connectivity index (χ0n) is 14.4. The van der Waals surface area contributed by atoms with Gasteiger partial charge in [0.1, 0.15) is 18.8 Å². The fraction of sp³-hybridized carbons (Fsp3) is 0.600. The fourth-order valence-electron chi connectivity index (χ4n) is 2.62. The molecule has 1 aliphatic heterocycles. The smallest absolute Gasteiger partial charge is 0.330 e. The molecule has 27 heavy (non-hydrogen) atoms. The Labute approximate surface area is 170 Å². The van der Waals surface area contributed by atoms with Gasteiger partial charge in [-0.2, -0.15) is 0 Å². The number of alkyl halides is 2. The molecule has 1 fully saturated rings. The van der Waals surface area contributed by atoms with Crippen molar-refractivity contribution in [2.75, 3.05) is 11.9 Å². The number of aliphatic hydroxyl groups is 1. The zero-order chi connectivity index (χ0) is 20.3. The number of carbonyl (C=O) groups excluding carboxylic acids is 2. The Bertz CT molecular complexity index is 823. The van der Waals surface area contributed by atoms with Crippen molar-refractivity contribution < 1.29 is 28.9 Å². The van der Waals surface area contributed by atoms with Crippen molar-refractivity contribution in [2.45, 2.75) is 43.2 Å². The minimum absolute atomic E-state index is 0.231. The van der Waals surface area contributed by atoms with E-state index in [0.717, 1.165) is 11.5 Å². The molecule has 0 amide bonds. The van der Waals surface area contributed by atoms with E-state index in [1.165, 1.54) is 13.1 Å².